The van der Waals surface area contributed by atoms with Crippen molar-refractivity contribution in [3.63, 3.8) is 0 Å². The smallest absolute Gasteiger partial charge is 0.127 e. The lowest BCUT2D eigenvalue weighted by Crippen LogP contribution is -2.22. The second-order valence-corrected chi connectivity index (χ2v) is 7.14. The van der Waals surface area contributed by atoms with Gasteiger partial charge in [-0.05, 0) is 73.2 Å². The second-order valence-electron chi connectivity index (χ2n) is 7.14. The molecule has 3 aromatic carbocycles. The van der Waals surface area contributed by atoms with Crippen LogP contribution in [0.4, 0.5) is 4.39 Å². The minimum Gasteiger partial charge on any atom is -0.457 e. The van der Waals surface area contributed by atoms with Crippen LogP contribution in [0.25, 0.3) is 0 Å². The van der Waals surface area contributed by atoms with Gasteiger partial charge in [0.25, 0.3) is 0 Å². The zero-order valence-electron chi connectivity index (χ0n) is 16.4. The maximum Gasteiger partial charge on any atom is 0.127 e. The predicted octanol–water partition coefficient (Wildman–Crippen LogP) is 7.47. The van der Waals surface area contributed by atoms with Crippen LogP contribution >= 0.6 is 0 Å². The Morgan fingerprint density at radius 2 is 1.64 bits per heavy atom. The molecule has 0 saturated heterocycles. The molecule has 3 rings (SSSR count). The summed E-state index contributed by atoms with van der Waals surface area (Å²) in [7, 11) is 0. The SMILES string of the molecule is C=CC(CC)(CCCc1cccc(Oc2ccccc2)c1)c1ccc(F)cc1. The third kappa shape index (κ3) is 4.89. The van der Waals surface area contributed by atoms with Crippen molar-refractivity contribution in [2.75, 3.05) is 0 Å². The van der Waals surface area contributed by atoms with E-state index in [9.17, 15) is 4.39 Å². The fourth-order valence-corrected chi connectivity index (χ4v) is 3.67. The maximum absolute atomic E-state index is 13.3. The first-order chi connectivity index (χ1) is 13.6. The van der Waals surface area contributed by atoms with Gasteiger partial charge < -0.3 is 4.74 Å². The largest absolute Gasteiger partial charge is 0.457 e. The Kier molecular flexibility index (Phi) is 6.65. The van der Waals surface area contributed by atoms with Crippen molar-refractivity contribution in [1.29, 1.82) is 0 Å². The minimum absolute atomic E-state index is 0.119. The lowest BCUT2D eigenvalue weighted by Gasteiger charge is -2.30. The quantitative estimate of drug-likeness (QED) is 0.353. The first kappa shape index (κ1) is 19.9. The van der Waals surface area contributed by atoms with Gasteiger partial charge in [0.1, 0.15) is 17.3 Å². The van der Waals surface area contributed by atoms with Gasteiger partial charge in [0, 0.05) is 5.41 Å². The van der Waals surface area contributed by atoms with Gasteiger partial charge in [-0.2, -0.15) is 0 Å². The molecule has 0 aliphatic rings. The Labute approximate surface area is 167 Å². The van der Waals surface area contributed by atoms with Crippen LogP contribution in [0.3, 0.4) is 0 Å². The summed E-state index contributed by atoms with van der Waals surface area (Å²) >= 11 is 0. The van der Waals surface area contributed by atoms with Gasteiger partial charge in [-0.3, -0.25) is 0 Å². The van der Waals surface area contributed by atoms with Crippen LogP contribution in [0.5, 0.6) is 11.5 Å². The number of aryl methyl sites for hydroxylation is 1. The summed E-state index contributed by atoms with van der Waals surface area (Å²) in [6.45, 7) is 6.24. The van der Waals surface area contributed by atoms with Crippen LogP contribution in [-0.4, -0.2) is 0 Å². The molecule has 28 heavy (non-hydrogen) atoms. The zero-order valence-corrected chi connectivity index (χ0v) is 16.4. The normalized spacial score (nSPS) is 12.9. The average Bonchev–Trinajstić information content (AvgIpc) is 2.73. The van der Waals surface area contributed by atoms with Gasteiger partial charge in [0.15, 0.2) is 0 Å². The van der Waals surface area contributed by atoms with Gasteiger partial charge >= 0.3 is 0 Å². The van der Waals surface area contributed by atoms with Crippen LogP contribution in [-0.2, 0) is 11.8 Å². The number of hydrogen-bond donors (Lipinski definition) is 0. The Morgan fingerprint density at radius 1 is 0.929 bits per heavy atom. The van der Waals surface area contributed by atoms with Crippen LogP contribution in [0.2, 0.25) is 0 Å². The van der Waals surface area contributed by atoms with E-state index in [1.807, 2.05) is 60.7 Å². The van der Waals surface area contributed by atoms with Gasteiger partial charge in [-0.25, -0.2) is 4.39 Å². The van der Waals surface area contributed by atoms with E-state index in [4.69, 9.17) is 4.74 Å². The molecule has 0 saturated carbocycles. The van der Waals surface area contributed by atoms with E-state index >= 15 is 0 Å². The van der Waals surface area contributed by atoms with E-state index in [-0.39, 0.29) is 11.2 Å². The van der Waals surface area contributed by atoms with Crippen molar-refractivity contribution in [1.82, 2.24) is 0 Å². The molecule has 0 amide bonds. The number of para-hydroxylation sites is 1. The predicted molar refractivity (Wildman–Crippen MR) is 114 cm³/mol. The molecule has 0 fully saturated rings. The number of benzene rings is 3. The Morgan fingerprint density at radius 3 is 2.32 bits per heavy atom. The van der Waals surface area contributed by atoms with Crippen molar-refractivity contribution in [3.8, 4) is 11.5 Å². The fraction of sp³-hybridized carbons (Fsp3) is 0.231. The molecular formula is C26H27FO. The number of hydrogen-bond acceptors (Lipinski definition) is 1. The van der Waals surface area contributed by atoms with Crippen LogP contribution in [0.15, 0.2) is 91.5 Å². The molecule has 1 unspecified atom stereocenters. The molecule has 0 heterocycles. The van der Waals surface area contributed by atoms with Crippen molar-refractivity contribution in [3.05, 3.63) is 108 Å². The number of allylic oxidation sites excluding steroid dienone is 1. The molecule has 0 aliphatic carbocycles. The van der Waals surface area contributed by atoms with Crippen molar-refractivity contribution in [2.45, 2.75) is 38.0 Å². The summed E-state index contributed by atoms with van der Waals surface area (Å²) in [6.07, 6.45) is 5.92. The summed E-state index contributed by atoms with van der Waals surface area (Å²) in [5, 5.41) is 0. The molecule has 0 aliphatic heterocycles. The Hall–Kier alpha value is -2.87. The molecule has 1 nitrogen and oxygen atoms in total. The average molecular weight is 374 g/mol. The molecule has 0 radical (unpaired) electrons. The van der Waals surface area contributed by atoms with E-state index in [1.165, 1.54) is 17.7 Å². The molecule has 0 spiro atoms. The zero-order chi connectivity index (χ0) is 19.8. The lowest BCUT2D eigenvalue weighted by atomic mass is 9.74. The van der Waals surface area contributed by atoms with Gasteiger partial charge in [0.05, 0.1) is 0 Å². The highest BCUT2D eigenvalue weighted by Gasteiger charge is 2.26. The molecule has 0 N–H and O–H groups in total. The van der Waals surface area contributed by atoms with Gasteiger partial charge in [-0.1, -0.05) is 55.5 Å². The van der Waals surface area contributed by atoms with Crippen molar-refractivity contribution < 1.29 is 9.13 Å². The van der Waals surface area contributed by atoms with E-state index < -0.39 is 0 Å². The summed E-state index contributed by atoms with van der Waals surface area (Å²) in [5.41, 5.74) is 2.26. The Bertz CT molecular complexity index is 886. The highest BCUT2D eigenvalue weighted by molar-refractivity contribution is 5.34. The van der Waals surface area contributed by atoms with Gasteiger partial charge in [-0.15, -0.1) is 6.58 Å². The van der Waals surface area contributed by atoms with Gasteiger partial charge in [0.2, 0.25) is 0 Å². The second kappa shape index (κ2) is 9.36. The molecule has 0 bridgehead atoms. The van der Waals surface area contributed by atoms with Crippen LogP contribution in [0.1, 0.15) is 37.3 Å². The van der Waals surface area contributed by atoms with E-state index in [0.717, 1.165) is 42.7 Å². The highest BCUT2D eigenvalue weighted by atomic mass is 19.1. The number of ether oxygens (including phenoxy) is 1. The van der Waals surface area contributed by atoms with Crippen molar-refractivity contribution in [2.24, 2.45) is 0 Å². The highest BCUT2D eigenvalue weighted by Crippen LogP contribution is 2.35. The van der Waals surface area contributed by atoms with E-state index in [2.05, 4.69) is 25.6 Å². The fourth-order valence-electron chi connectivity index (χ4n) is 3.67. The topological polar surface area (TPSA) is 9.23 Å². The summed E-state index contributed by atoms with van der Waals surface area (Å²) in [5.74, 6) is 1.49. The third-order valence-electron chi connectivity index (χ3n) is 5.41. The summed E-state index contributed by atoms with van der Waals surface area (Å²) < 4.78 is 19.2. The minimum atomic E-state index is -0.201. The summed E-state index contributed by atoms with van der Waals surface area (Å²) in [6, 6.07) is 24.9. The van der Waals surface area contributed by atoms with E-state index in [0.29, 0.717) is 0 Å². The molecule has 3 aromatic rings. The monoisotopic (exact) mass is 374 g/mol. The van der Waals surface area contributed by atoms with Crippen molar-refractivity contribution >= 4 is 0 Å². The standard InChI is InChI=1S/C26H27FO/c1-3-26(4-2,22-15-17-23(27)18-16-22)19-9-11-21-10-8-14-25(20-21)28-24-12-6-5-7-13-24/h3,5-8,10,12-18,20H,1,4,9,11,19H2,2H3. The lowest BCUT2D eigenvalue weighted by molar-refractivity contribution is 0.455. The first-order valence-corrected chi connectivity index (χ1v) is 9.87. The third-order valence-corrected chi connectivity index (χ3v) is 5.41. The maximum atomic E-state index is 13.3. The van der Waals surface area contributed by atoms with E-state index in [1.54, 1.807) is 0 Å². The summed E-state index contributed by atoms with van der Waals surface area (Å²) in [4.78, 5) is 0. The molecule has 0 aromatic heterocycles. The Balaban J connectivity index is 1.65. The molecule has 144 valence electrons. The number of rotatable bonds is 9. The number of halogens is 1. The molecular weight excluding hydrogens is 347 g/mol. The van der Waals surface area contributed by atoms with Crippen LogP contribution in [0, 0.1) is 5.82 Å². The van der Waals surface area contributed by atoms with Crippen LogP contribution < -0.4 is 4.74 Å². The molecule has 2 heteroatoms. The first-order valence-electron chi connectivity index (χ1n) is 9.87. The molecule has 1 atom stereocenters.